The van der Waals surface area contributed by atoms with E-state index >= 15 is 0 Å². The van der Waals surface area contributed by atoms with E-state index in [1.807, 2.05) is 0 Å². The first-order chi connectivity index (χ1) is 16.4. The molecule has 1 amide bonds. The van der Waals surface area contributed by atoms with Crippen LogP contribution in [0.25, 0.3) is 5.76 Å². The van der Waals surface area contributed by atoms with Gasteiger partial charge in [-0.15, -0.1) is 0 Å². The Labute approximate surface area is 199 Å². The van der Waals surface area contributed by atoms with Gasteiger partial charge in [0.05, 0.1) is 11.6 Å². The van der Waals surface area contributed by atoms with E-state index in [1.54, 1.807) is 54.6 Å². The Morgan fingerprint density at radius 2 is 1.71 bits per heavy atom. The maximum absolute atomic E-state index is 13.3. The summed E-state index contributed by atoms with van der Waals surface area (Å²) in [6.45, 7) is 0.263. The van der Waals surface area contributed by atoms with Crippen LogP contribution >= 0.6 is 11.6 Å². The van der Waals surface area contributed by atoms with Crippen LogP contribution < -0.4 is 9.47 Å². The van der Waals surface area contributed by atoms with E-state index in [-0.39, 0.29) is 30.5 Å². The van der Waals surface area contributed by atoms with Crippen molar-refractivity contribution in [1.29, 1.82) is 0 Å². The first-order valence-corrected chi connectivity index (χ1v) is 11.0. The molecule has 0 bridgehead atoms. The van der Waals surface area contributed by atoms with Gasteiger partial charge in [-0.1, -0.05) is 35.9 Å². The summed E-state index contributed by atoms with van der Waals surface area (Å²) in [7, 11) is 0. The topological polar surface area (TPSA) is 76.1 Å². The number of rotatable bonds is 5. The molecule has 1 saturated heterocycles. The van der Waals surface area contributed by atoms with Crippen LogP contribution in [0.4, 0.5) is 4.39 Å². The molecule has 2 heterocycles. The zero-order valence-electron chi connectivity index (χ0n) is 17.8. The number of aliphatic hydroxyl groups is 1. The molecule has 3 aromatic rings. The number of hydrogen-bond donors (Lipinski definition) is 1. The van der Waals surface area contributed by atoms with Crippen LogP contribution in [0.5, 0.6) is 11.5 Å². The molecule has 172 valence electrons. The lowest BCUT2D eigenvalue weighted by Crippen LogP contribution is -2.31. The monoisotopic (exact) mass is 479 g/mol. The summed E-state index contributed by atoms with van der Waals surface area (Å²) >= 11 is 6.05. The van der Waals surface area contributed by atoms with E-state index in [9.17, 15) is 19.1 Å². The minimum atomic E-state index is -0.817. The van der Waals surface area contributed by atoms with Crippen molar-refractivity contribution >= 4 is 29.1 Å². The number of nitrogens with zero attached hydrogens (tertiary/aromatic N) is 1. The third kappa shape index (κ3) is 3.99. The van der Waals surface area contributed by atoms with Crippen molar-refractivity contribution < 1.29 is 28.6 Å². The molecule has 6 nitrogen and oxygen atoms in total. The van der Waals surface area contributed by atoms with Crippen molar-refractivity contribution in [2.75, 3.05) is 13.3 Å². The number of halogens is 2. The van der Waals surface area contributed by atoms with E-state index in [0.29, 0.717) is 34.1 Å². The fourth-order valence-corrected chi connectivity index (χ4v) is 4.33. The average molecular weight is 480 g/mol. The fraction of sp³-hybridized carbons (Fsp3) is 0.154. The summed E-state index contributed by atoms with van der Waals surface area (Å²) in [4.78, 5) is 27.6. The predicted octanol–water partition coefficient (Wildman–Crippen LogP) is 4.87. The van der Waals surface area contributed by atoms with Crippen molar-refractivity contribution in [3.8, 4) is 11.5 Å². The largest absolute Gasteiger partial charge is 0.507 e. The maximum Gasteiger partial charge on any atom is 0.295 e. The van der Waals surface area contributed by atoms with Gasteiger partial charge in [-0.25, -0.2) is 4.39 Å². The highest BCUT2D eigenvalue weighted by atomic mass is 35.5. The van der Waals surface area contributed by atoms with Crippen LogP contribution in [0.3, 0.4) is 0 Å². The minimum Gasteiger partial charge on any atom is -0.507 e. The first kappa shape index (κ1) is 22.0. The number of amides is 1. The predicted molar refractivity (Wildman–Crippen MR) is 123 cm³/mol. The summed E-state index contributed by atoms with van der Waals surface area (Å²) in [5.41, 5.74) is 1.75. The number of Topliss-reactive ketones (excluding diaryl/α,β-unsaturated/α-hetero) is 1. The summed E-state index contributed by atoms with van der Waals surface area (Å²) < 4.78 is 24.0. The van der Waals surface area contributed by atoms with E-state index in [1.165, 1.54) is 17.0 Å². The van der Waals surface area contributed by atoms with Gasteiger partial charge in [0.15, 0.2) is 11.5 Å². The number of hydrogen-bond acceptors (Lipinski definition) is 5. The SMILES string of the molecule is O=C1C(=O)N(CCc2ccc(F)cc2)C(c2ccc(Cl)cc2)/C1=C(/O)c1ccc2c(c1)OCO2. The standard InChI is InChI=1S/C26H19ClFNO5/c27-18-6-3-16(4-7-18)23-22(24(30)17-5-10-20-21(13-17)34-14-33-20)25(31)26(32)29(23)12-11-15-1-8-19(28)9-2-15/h1-10,13,23,30H,11-12,14H2/b24-22-. The van der Waals surface area contributed by atoms with Crippen LogP contribution in [0.1, 0.15) is 22.7 Å². The second-order valence-electron chi connectivity index (χ2n) is 7.99. The summed E-state index contributed by atoms with van der Waals surface area (Å²) in [5, 5.41) is 11.7. The lowest BCUT2D eigenvalue weighted by Gasteiger charge is -2.25. The molecule has 0 aliphatic carbocycles. The van der Waals surface area contributed by atoms with Gasteiger partial charge in [-0.2, -0.15) is 0 Å². The molecule has 5 rings (SSSR count). The molecule has 1 fully saturated rings. The number of ether oxygens (including phenoxy) is 2. The van der Waals surface area contributed by atoms with E-state index < -0.39 is 17.7 Å². The van der Waals surface area contributed by atoms with Crippen LogP contribution in [0.15, 0.2) is 72.3 Å². The molecule has 0 aromatic heterocycles. The Morgan fingerprint density at radius 3 is 2.44 bits per heavy atom. The molecule has 0 saturated carbocycles. The number of aliphatic hydroxyl groups excluding tert-OH is 1. The Bertz CT molecular complexity index is 1300. The smallest absolute Gasteiger partial charge is 0.295 e. The van der Waals surface area contributed by atoms with Crippen molar-refractivity contribution in [3.05, 3.63) is 99.8 Å². The van der Waals surface area contributed by atoms with Gasteiger partial charge in [0.2, 0.25) is 6.79 Å². The third-order valence-corrected chi connectivity index (χ3v) is 6.18. The highest BCUT2D eigenvalue weighted by Crippen LogP contribution is 2.41. The molecule has 0 radical (unpaired) electrons. The highest BCUT2D eigenvalue weighted by Gasteiger charge is 2.45. The molecule has 8 heteroatoms. The number of ketones is 1. The number of carbonyl (C=O) groups is 2. The van der Waals surface area contributed by atoms with Gasteiger partial charge in [0.1, 0.15) is 11.6 Å². The van der Waals surface area contributed by atoms with Crippen molar-refractivity contribution in [2.45, 2.75) is 12.5 Å². The molecule has 2 aliphatic rings. The van der Waals surface area contributed by atoms with Crippen LogP contribution in [-0.2, 0) is 16.0 Å². The van der Waals surface area contributed by atoms with Crippen LogP contribution in [0, 0.1) is 5.82 Å². The van der Waals surface area contributed by atoms with Crippen molar-refractivity contribution in [3.63, 3.8) is 0 Å². The van der Waals surface area contributed by atoms with Gasteiger partial charge in [0.25, 0.3) is 11.7 Å². The Hall–Kier alpha value is -3.84. The lowest BCUT2D eigenvalue weighted by molar-refractivity contribution is -0.139. The number of fused-ring (bicyclic) bond motifs is 1. The molecule has 1 unspecified atom stereocenters. The van der Waals surface area contributed by atoms with Gasteiger partial charge in [-0.3, -0.25) is 9.59 Å². The van der Waals surface area contributed by atoms with Crippen molar-refractivity contribution in [2.24, 2.45) is 0 Å². The Morgan fingerprint density at radius 1 is 1.00 bits per heavy atom. The molecule has 1 atom stereocenters. The van der Waals surface area contributed by atoms with E-state index in [2.05, 4.69) is 0 Å². The number of benzene rings is 3. The second kappa shape index (κ2) is 8.83. The van der Waals surface area contributed by atoms with Crippen LogP contribution in [-0.4, -0.2) is 35.0 Å². The van der Waals surface area contributed by atoms with Crippen LogP contribution in [0.2, 0.25) is 5.02 Å². The molecule has 1 N–H and O–H groups in total. The molecule has 2 aliphatic heterocycles. The van der Waals surface area contributed by atoms with Gasteiger partial charge in [0, 0.05) is 17.1 Å². The summed E-state index contributed by atoms with van der Waals surface area (Å²) in [5.74, 6) is -1.18. The zero-order chi connectivity index (χ0) is 23.8. The lowest BCUT2D eigenvalue weighted by atomic mass is 9.95. The minimum absolute atomic E-state index is 0.0229. The van der Waals surface area contributed by atoms with Crippen molar-refractivity contribution in [1.82, 2.24) is 4.90 Å². The molecule has 0 spiro atoms. The fourth-order valence-electron chi connectivity index (χ4n) is 4.20. The molecule has 34 heavy (non-hydrogen) atoms. The van der Waals surface area contributed by atoms with Gasteiger partial charge >= 0.3 is 0 Å². The Kier molecular flexibility index (Phi) is 5.71. The van der Waals surface area contributed by atoms with Gasteiger partial charge in [-0.05, 0) is 60.0 Å². The quantitative estimate of drug-likeness (QED) is 0.321. The number of likely N-dealkylation sites (tertiary alicyclic amines) is 1. The first-order valence-electron chi connectivity index (χ1n) is 10.6. The maximum atomic E-state index is 13.3. The number of carbonyl (C=O) groups excluding carboxylic acids is 2. The normalized spacial score (nSPS) is 18.5. The average Bonchev–Trinajstić information content (AvgIpc) is 3.41. The highest BCUT2D eigenvalue weighted by molar-refractivity contribution is 6.46. The molecule has 3 aromatic carbocycles. The van der Waals surface area contributed by atoms with E-state index in [4.69, 9.17) is 21.1 Å². The van der Waals surface area contributed by atoms with Gasteiger partial charge < -0.3 is 19.5 Å². The third-order valence-electron chi connectivity index (χ3n) is 5.93. The zero-order valence-corrected chi connectivity index (χ0v) is 18.6. The summed E-state index contributed by atoms with van der Waals surface area (Å²) in [6.07, 6.45) is 0.404. The summed E-state index contributed by atoms with van der Waals surface area (Å²) in [6, 6.07) is 16.7. The second-order valence-corrected chi connectivity index (χ2v) is 8.42. The molecular weight excluding hydrogens is 461 g/mol. The molecular formula is C26H19ClFNO5. The van der Waals surface area contributed by atoms with E-state index in [0.717, 1.165) is 5.56 Å². The Balaban J connectivity index is 1.56.